The standard InChI is InChI=1S/C10H11ClO2/c1-2-7(10(12)13)8-5-3-4-6-9(8)11/h3-7H,2H2,1H3,(H,12,13)/p-1. The second-order valence-corrected chi connectivity index (χ2v) is 3.21. The maximum atomic E-state index is 10.7. The SMILES string of the molecule is CCC(C(=O)[O-])c1ccccc1Cl. The van der Waals surface area contributed by atoms with E-state index in [4.69, 9.17) is 11.6 Å². The van der Waals surface area contributed by atoms with Gasteiger partial charge < -0.3 is 9.90 Å². The molecule has 70 valence electrons. The fourth-order valence-electron chi connectivity index (χ4n) is 1.27. The number of aliphatic carboxylic acids is 1. The van der Waals surface area contributed by atoms with Crippen LogP contribution in [0.2, 0.25) is 5.02 Å². The van der Waals surface area contributed by atoms with Gasteiger partial charge >= 0.3 is 0 Å². The van der Waals surface area contributed by atoms with Crippen LogP contribution in [-0.2, 0) is 4.79 Å². The van der Waals surface area contributed by atoms with Gasteiger partial charge in [-0.1, -0.05) is 36.7 Å². The van der Waals surface area contributed by atoms with Crippen LogP contribution in [0.1, 0.15) is 24.8 Å². The summed E-state index contributed by atoms with van der Waals surface area (Å²) in [7, 11) is 0. The molecule has 0 aliphatic heterocycles. The van der Waals surface area contributed by atoms with Crippen molar-refractivity contribution in [3.63, 3.8) is 0 Å². The normalized spacial score (nSPS) is 12.5. The van der Waals surface area contributed by atoms with Crippen LogP contribution in [-0.4, -0.2) is 5.97 Å². The number of carbonyl (C=O) groups is 1. The van der Waals surface area contributed by atoms with Crippen molar-refractivity contribution in [1.82, 2.24) is 0 Å². The van der Waals surface area contributed by atoms with Crippen molar-refractivity contribution in [3.05, 3.63) is 34.9 Å². The molecule has 0 heterocycles. The molecule has 1 aromatic carbocycles. The molecule has 1 rings (SSSR count). The molecule has 0 saturated carbocycles. The summed E-state index contributed by atoms with van der Waals surface area (Å²) in [5, 5.41) is 11.2. The predicted molar refractivity (Wildman–Crippen MR) is 49.5 cm³/mol. The third-order valence-electron chi connectivity index (χ3n) is 1.97. The predicted octanol–water partition coefficient (Wildman–Crippen LogP) is 1.58. The van der Waals surface area contributed by atoms with Crippen LogP contribution < -0.4 is 5.11 Å². The highest BCUT2D eigenvalue weighted by molar-refractivity contribution is 6.31. The van der Waals surface area contributed by atoms with E-state index in [0.29, 0.717) is 17.0 Å². The van der Waals surface area contributed by atoms with Crippen LogP contribution in [0.4, 0.5) is 0 Å². The van der Waals surface area contributed by atoms with Crippen LogP contribution >= 0.6 is 11.6 Å². The van der Waals surface area contributed by atoms with Gasteiger partial charge in [-0.2, -0.15) is 0 Å². The Balaban J connectivity index is 3.04. The Labute approximate surface area is 82.2 Å². The zero-order valence-electron chi connectivity index (χ0n) is 7.29. The molecule has 13 heavy (non-hydrogen) atoms. The van der Waals surface area contributed by atoms with E-state index >= 15 is 0 Å². The van der Waals surface area contributed by atoms with Crippen molar-refractivity contribution in [2.75, 3.05) is 0 Å². The van der Waals surface area contributed by atoms with Crippen molar-refractivity contribution < 1.29 is 9.90 Å². The second-order valence-electron chi connectivity index (χ2n) is 2.80. The lowest BCUT2D eigenvalue weighted by Crippen LogP contribution is -2.29. The minimum Gasteiger partial charge on any atom is -0.549 e. The summed E-state index contributed by atoms with van der Waals surface area (Å²) in [4.78, 5) is 10.7. The van der Waals surface area contributed by atoms with E-state index in [-0.39, 0.29) is 0 Å². The third kappa shape index (κ3) is 2.22. The van der Waals surface area contributed by atoms with Crippen LogP contribution in [0.15, 0.2) is 24.3 Å². The minimum absolute atomic E-state index is 0.485. The third-order valence-corrected chi connectivity index (χ3v) is 2.32. The van der Waals surface area contributed by atoms with Crippen molar-refractivity contribution >= 4 is 17.6 Å². The van der Waals surface area contributed by atoms with Crippen molar-refractivity contribution in [2.24, 2.45) is 0 Å². The molecule has 0 aromatic heterocycles. The number of hydrogen-bond acceptors (Lipinski definition) is 2. The number of carbonyl (C=O) groups excluding carboxylic acids is 1. The first-order chi connectivity index (χ1) is 6.16. The average molecular weight is 198 g/mol. The molecule has 3 heteroatoms. The second kappa shape index (κ2) is 4.28. The molecular formula is C10H10ClO2-. The Morgan fingerprint density at radius 2 is 2.15 bits per heavy atom. The number of benzene rings is 1. The van der Waals surface area contributed by atoms with Gasteiger partial charge in [-0.05, 0) is 18.1 Å². The van der Waals surface area contributed by atoms with Gasteiger partial charge in [0.05, 0.1) is 0 Å². The quantitative estimate of drug-likeness (QED) is 0.738. The molecule has 0 amide bonds. The Hall–Kier alpha value is -1.02. The van der Waals surface area contributed by atoms with Gasteiger partial charge in [0, 0.05) is 16.9 Å². The molecule has 0 spiro atoms. The summed E-state index contributed by atoms with van der Waals surface area (Å²) < 4.78 is 0. The lowest BCUT2D eigenvalue weighted by Gasteiger charge is -2.17. The minimum atomic E-state index is -1.07. The first-order valence-electron chi connectivity index (χ1n) is 4.12. The molecule has 0 N–H and O–H groups in total. The van der Waals surface area contributed by atoms with E-state index < -0.39 is 11.9 Å². The molecule has 0 saturated heterocycles. The number of carboxylic acid groups (broad SMARTS) is 1. The molecule has 0 fully saturated rings. The highest BCUT2D eigenvalue weighted by Gasteiger charge is 2.12. The number of carboxylic acids is 1. The molecular weight excluding hydrogens is 188 g/mol. The average Bonchev–Trinajstić information content (AvgIpc) is 2.09. The Bertz CT molecular complexity index is 310. The van der Waals surface area contributed by atoms with E-state index in [1.807, 2.05) is 0 Å². The van der Waals surface area contributed by atoms with Gasteiger partial charge in [0.1, 0.15) is 0 Å². The molecule has 0 bridgehead atoms. The molecule has 0 radical (unpaired) electrons. The van der Waals surface area contributed by atoms with Crippen LogP contribution in [0.3, 0.4) is 0 Å². The molecule has 1 unspecified atom stereocenters. The Morgan fingerprint density at radius 3 is 2.62 bits per heavy atom. The highest BCUT2D eigenvalue weighted by atomic mass is 35.5. The zero-order valence-corrected chi connectivity index (χ0v) is 8.04. The first kappa shape index (κ1) is 10.1. The van der Waals surface area contributed by atoms with Gasteiger partial charge in [-0.25, -0.2) is 0 Å². The number of hydrogen-bond donors (Lipinski definition) is 0. The molecule has 0 aliphatic rings. The topological polar surface area (TPSA) is 40.1 Å². The van der Waals surface area contributed by atoms with E-state index in [2.05, 4.69) is 0 Å². The zero-order chi connectivity index (χ0) is 9.84. The molecule has 1 aromatic rings. The smallest absolute Gasteiger partial charge is 0.0489 e. The van der Waals surface area contributed by atoms with Gasteiger partial charge in [-0.15, -0.1) is 0 Å². The van der Waals surface area contributed by atoms with E-state index in [1.165, 1.54) is 0 Å². The number of rotatable bonds is 3. The van der Waals surface area contributed by atoms with Crippen LogP contribution in [0.5, 0.6) is 0 Å². The lowest BCUT2D eigenvalue weighted by atomic mass is 9.97. The summed E-state index contributed by atoms with van der Waals surface area (Å²) in [6.07, 6.45) is 0.492. The Kier molecular flexibility index (Phi) is 3.32. The van der Waals surface area contributed by atoms with E-state index in [0.717, 1.165) is 0 Å². The molecule has 2 nitrogen and oxygen atoms in total. The van der Waals surface area contributed by atoms with Crippen molar-refractivity contribution in [2.45, 2.75) is 19.3 Å². The highest BCUT2D eigenvalue weighted by Crippen LogP contribution is 2.26. The lowest BCUT2D eigenvalue weighted by molar-refractivity contribution is -0.308. The van der Waals surface area contributed by atoms with Crippen molar-refractivity contribution in [1.29, 1.82) is 0 Å². The summed E-state index contributed by atoms with van der Waals surface area (Å²) in [6.45, 7) is 1.80. The largest absolute Gasteiger partial charge is 0.549 e. The summed E-state index contributed by atoms with van der Waals surface area (Å²) >= 11 is 5.85. The van der Waals surface area contributed by atoms with E-state index in [1.54, 1.807) is 31.2 Å². The van der Waals surface area contributed by atoms with Crippen molar-refractivity contribution in [3.8, 4) is 0 Å². The Morgan fingerprint density at radius 1 is 1.54 bits per heavy atom. The fourth-order valence-corrected chi connectivity index (χ4v) is 1.54. The van der Waals surface area contributed by atoms with Crippen LogP contribution in [0.25, 0.3) is 0 Å². The van der Waals surface area contributed by atoms with Crippen LogP contribution in [0, 0.1) is 0 Å². The monoisotopic (exact) mass is 197 g/mol. The van der Waals surface area contributed by atoms with Gasteiger partial charge in [0.25, 0.3) is 0 Å². The molecule has 1 atom stereocenters. The maximum absolute atomic E-state index is 10.7. The first-order valence-corrected chi connectivity index (χ1v) is 4.50. The molecule has 0 aliphatic carbocycles. The summed E-state index contributed by atoms with van der Waals surface area (Å²) in [6, 6.07) is 6.94. The maximum Gasteiger partial charge on any atom is 0.0489 e. The van der Waals surface area contributed by atoms with Gasteiger partial charge in [0.15, 0.2) is 0 Å². The number of halogens is 1. The summed E-state index contributed by atoms with van der Waals surface area (Å²) in [5.41, 5.74) is 0.631. The van der Waals surface area contributed by atoms with E-state index in [9.17, 15) is 9.90 Å². The van der Waals surface area contributed by atoms with Gasteiger partial charge in [0.2, 0.25) is 0 Å². The fraction of sp³-hybridized carbons (Fsp3) is 0.300. The van der Waals surface area contributed by atoms with Gasteiger partial charge in [-0.3, -0.25) is 0 Å². The summed E-state index contributed by atoms with van der Waals surface area (Å²) in [5.74, 6) is -1.68.